The molecule has 5 atom stereocenters. The summed E-state index contributed by atoms with van der Waals surface area (Å²) in [6.07, 6.45) is -6.78. The smallest absolute Gasteiger partial charge is 0.330 e. The molecule has 0 spiro atoms. The number of aliphatic hydroxyl groups excluding tert-OH is 4. The highest BCUT2D eigenvalue weighted by molar-refractivity contribution is 5.93. The van der Waals surface area contributed by atoms with Gasteiger partial charge >= 0.3 is 5.69 Å². The van der Waals surface area contributed by atoms with Crippen LogP contribution in [-0.4, -0.2) is 66.8 Å². The maximum Gasteiger partial charge on any atom is 0.330 e. The minimum absolute atomic E-state index is 0.337. The Kier molecular flexibility index (Phi) is 4.58. The van der Waals surface area contributed by atoms with Crippen molar-refractivity contribution in [1.29, 1.82) is 0 Å². The molecule has 1 aliphatic heterocycles. The van der Waals surface area contributed by atoms with E-state index in [2.05, 4.69) is 0 Å². The van der Waals surface area contributed by atoms with Crippen LogP contribution >= 0.6 is 0 Å². The maximum absolute atomic E-state index is 11.8. The van der Waals surface area contributed by atoms with Crippen molar-refractivity contribution >= 4 is 5.78 Å². The summed E-state index contributed by atoms with van der Waals surface area (Å²) in [5, 5.41) is 38.4. The van der Waals surface area contributed by atoms with Crippen LogP contribution in [0.2, 0.25) is 0 Å². The molecule has 2 heterocycles. The number of nitrogens with zero attached hydrogens (tertiary/aromatic N) is 1. The van der Waals surface area contributed by atoms with Crippen LogP contribution in [0.1, 0.15) is 23.5 Å². The van der Waals surface area contributed by atoms with Crippen LogP contribution in [0.25, 0.3) is 0 Å². The lowest BCUT2D eigenvalue weighted by molar-refractivity contribution is -0.252. The Morgan fingerprint density at radius 3 is 2.45 bits per heavy atom. The molecule has 0 aromatic carbocycles. The van der Waals surface area contributed by atoms with Gasteiger partial charge in [-0.25, -0.2) is 4.79 Å². The van der Waals surface area contributed by atoms with Crippen molar-refractivity contribution in [2.45, 2.75) is 37.6 Å². The summed E-state index contributed by atoms with van der Waals surface area (Å²) in [5.74, 6) is -0.611. The first-order chi connectivity index (χ1) is 10.3. The van der Waals surface area contributed by atoms with Gasteiger partial charge in [0, 0.05) is 6.20 Å². The molecule has 0 radical (unpaired) electrons. The molecule has 0 unspecified atom stereocenters. The monoisotopic (exact) mass is 316 g/mol. The summed E-state index contributed by atoms with van der Waals surface area (Å²) in [6, 6.07) is 0. The summed E-state index contributed by atoms with van der Waals surface area (Å²) in [6.45, 7) is 0.450. The normalized spacial score (nSPS) is 32.0. The first-order valence-corrected chi connectivity index (χ1v) is 6.44. The zero-order valence-electron chi connectivity index (χ0n) is 11.5. The predicted octanol–water partition coefficient (Wildman–Crippen LogP) is -3.29. The molecule has 2 rings (SSSR count). The lowest BCUT2D eigenvalue weighted by Crippen LogP contribution is -2.58. The number of carbonyl (C=O) groups is 1. The second-order valence-corrected chi connectivity index (χ2v) is 4.98. The molecule has 0 bridgehead atoms. The summed E-state index contributed by atoms with van der Waals surface area (Å²) in [7, 11) is 0. The molecule has 22 heavy (non-hydrogen) atoms. The molecular formula is C12H16N2O8. The van der Waals surface area contributed by atoms with Gasteiger partial charge in [0.05, 0.1) is 12.2 Å². The number of aromatic amines is 1. The van der Waals surface area contributed by atoms with E-state index in [0.29, 0.717) is 0 Å². The van der Waals surface area contributed by atoms with Crippen molar-refractivity contribution in [2.75, 3.05) is 6.61 Å². The van der Waals surface area contributed by atoms with Gasteiger partial charge in [0.1, 0.15) is 24.4 Å². The molecule has 0 saturated carbocycles. The molecule has 1 aromatic rings. The molecule has 0 aliphatic carbocycles. The third kappa shape index (κ3) is 2.74. The van der Waals surface area contributed by atoms with Crippen molar-refractivity contribution in [2.24, 2.45) is 0 Å². The van der Waals surface area contributed by atoms with Crippen LogP contribution < -0.4 is 11.2 Å². The minimum Gasteiger partial charge on any atom is -0.394 e. The average molecular weight is 316 g/mol. The molecule has 1 aliphatic rings. The van der Waals surface area contributed by atoms with Gasteiger partial charge in [-0.3, -0.25) is 19.1 Å². The third-order valence-electron chi connectivity index (χ3n) is 3.49. The van der Waals surface area contributed by atoms with Crippen LogP contribution in [-0.2, 0) is 4.74 Å². The molecule has 10 nitrogen and oxygen atoms in total. The number of hydrogen-bond donors (Lipinski definition) is 5. The van der Waals surface area contributed by atoms with Crippen LogP contribution in [0.15, 0.2) is 15.8 Å². The molecule has 1 saturated heterocycles. The van der Waals surface area contributed by atoms with Gasteiger partial charge in [0.25, 0.3) is 5.56 Å². The van der Waals surface area contributed by atoms with Crippen molar-refractivity contribution < 1.29 is 30.0 Å². The second-order valence-electron chi connectivity index (χ2n) is 4.98. The van der Waals surface area contributed by atoms with Crippen molar-refractivity contribution in [1.82, 2.24) is 9.55 Å². The molecule has 1 fully saturated rings. The number of nitrogens with one attached hydrogen (secondary N) is 1. The highest BCUT2D eigenvalue weighted by Gasteiger charge is 2.44. The topological polar surface area (TPSA) is 162 Å². The fourth-order valence-electron chi connectivity index (χ4n) is 2.24. The van der Waals surface area contributed by atoms with Crippen molar-refractivity contribution in [3.63, 3.8) is 0 Å². The quantitative estimate of drug-likeness (QED) is 0.362. The number of aliphatic hydroxyl groups is 4. The maximum atomic E-state index is 11.8. The van der Waals surface area contributed by atoms with E-state index in [1.165, 1.54) is 0 Å². The van der Waals surface area contributed by atoms with Crippen molar-refractivity contribution in [3.8, 4) is 0 Å². The van der Waals surface area contributed by atoms with Gasteiger partial charge in [0.2, 0.25) is 0 Å². The Balaban J connectivity index is 2.50. The highest BCUT2D eigenvalue weighted by atomic mass is 16.6. The predicted molar refractivity (Wildman–Crippen MR) is 70.3 cm³/mol. The lowest BCUT2D eigenvalue weighted by atomic mass is 9.98. The summed E-state index contributed by atoms with van der Waals surface area (Å²) < 4.78 is 5.91. The van der Waals surface area contributed by atoms with Crippen LogP contribution in [0.3, 0.4) is 0 Å². The Morgan fingerprint density at radius 1 is 1.27 bits per heavy atom. The number of ketones is 1. The van der Waals surface area contributed by atoms with Crippen molar-refractivity contribution in [3.05, 3.63) is 32.6 Å². The standard InChI is InChI=1S/C12H16N2O8/c1-4(16)5-2-14(12(21)13-10(5)20)11-9(19)8(18)7(17)6(3-15)22-11/h2,6-9,11,15,17-19H,3H2,1H3,(H,13,20,21)/t6-,7-,8+,9+,11+/m1/s1. The van der Waals surface area contributed by atoms with E-state index in [1.807, 2.05) is 4.98 Å². The Labute approximate surface area is 123 Å². The van der Waals surface area contributed by atoms with Gasteiger partial charge in [-0.2, -0.15) is 0 Å². The van der Waals surface area contributed by atoms with Crippen LogP contribution in [0, 0.1) is 0 Å². The van der Waals surface area contributed by atoms with E-state index >= 15 is 0 Å². The Hall–Kier alpha value is -1.85. The van der Waals surface area contributed by atoms with E-state index in [4.69, 9.17) is 9.84 Å². The zero-order chi connectivity index (χ0) is 16.6. The van der Waals surface area contributed by atoms with Gasteiger partial charge in [-0.15, -0.1) is 0 Å². The molecule has 0 amide bonds. The fourth-order valence-corrected chi connectivity index (χ4v) is 2.24. The molecule has 1 aromatic heterocycles. The van der Waals surface area contributed by atoms with Crippen LogP contribution in [0.5, 0.6) is 0 Å². The summed E-state index contributed by atoms with van der Waals surface area (Å²) in [4.78, 5) is 36.6. The Morgan fingerprint density at radius 2 is 1.91 bits per heavy atom. The molecular weight excluding hydrogens is 300 g/mol. The van der Waals surface area contributed by atoms with Gasteiger partial charge in [-0.1, -0.05) is 0 Å². The summed E-state index contributed by atoms with van der Waals surface area (Å²) >= 11 is 0. The number of hydrogen-bond acceptors (Lipinski definition) is 8. The number of aromatic nitrogens is 2. The zero-order valence-corrected chi connectivity index (χ0v) is 11.5. The number of ether oxygens (including phenoxy) is 1. The third-order valence-corrected chi connectivity index (χ3v) is 3.49. The van der Waals surface area contributed by atoms with E-state index in [0.717, 1.165) is 17.7 Å². The molecule has 10 heteroatoms. The largest absolute Gasteiger partial charge is 0.394 e. The lowest BCUT2D eigenvalue weighted by Gasteiger charge is -2.40. The van der Waals surface area contributed by atoms with Gasteiger partial charge in [-0.05, 0) is 6.92 Å². The second kappa shape index (κ2) is 6.10. The van der Waals surface area contributed by atoms with E-state index in [1.54, 1.807) is 0 Å². The molecule has 5 N–H and O–H groups in total. The Bertz CT molecular complexity index is 678. The average Bonchev–Trinajstić information content (AvgIpc) is 2.46. The van der Waals surface area contributed by atoms with Crippen LogP contribution in [0.4, 0.5) is 0 Å². The fraction of sp³-hybridized carbons (Fsp3) is 0.583. The van der Waals surface area contributed by atoms with E-state index in [9.17, 15) is 29.7 Å². The summed E-state index contributed by atoms with van der Waals surface area (Å²) in [5.41, 5.74) is -2.20. The number of H-pyrrole nitrogens is 1. The van der Waals surface area contributed by atoms with Gasteiger partial charge in [0.15, 0.2) is 12.0 Å². The molecule has 122 valence electrons. The number of rotatable bonds is 3. The first-order valence-electron chi connectivity index (χ1n) is 6.44. The minimum atomic E-state index is -1.71. The van der Waals surface area contributed by atoms with E-state index in [-0.39, 0.29) is 5.56 Å². The first kappa shape index (κ1) is 16.5. The highest BCUT2D eigenvalue weighted by Crippen LogP contribution is 2.27. The number of Topliss-reactive ketones (excluding diaryl/α,β-unsaturated/α-hetero) is 1. The number of carbonyl (C=O) groups excluding carboxylic acids is 1. The SMILES string of the molecule is CC(=O)c1cn([C@H]2O[C@H](CO)[C@@H](O)[C@H](O)[C@@H]2O)c(=O)[nH]c1=O. The van der Waals surface area contributed by atoms with Gasteiger partial charge < -0.3 is 25.2 Å². The van der Waals surface area contributed by atoms with E-state index < -0.39 is 54.3 Å².